The molecule has 1 atom stereocenters. The Morgan fingerprint density at radius 2 is 1.21 bits per heavy atom. The maximum Gasteiger partial charge on any atom is 0.117 e. The van der Waals surface area contributed by atoms with Crippen molar-refractivity contribution in [3.8, 4) is 0 Å². The lowest BCUT2D eigenvalue weighted by molar-refractivity contribution is 0.0191. The molecular weight excluding hydrogens is 292 g/mol. The number of unbranched alkanes of at least 4 members (excludes halogenated alkanes) is 5. The van der Waals surface area contributed by atoms with E-state index in [0.717, 1.165) is 17.5 Å². The summed E-state index contributed by atoms with van der Waals surface area (Å²) in [6.45, 7) is 4.44. The van der Waals surface area contributed by atoms with E-state index in [1.807, 2.05) is 60.7 Å². The molecule has 0 saturated carbocycles. The largest absolute Gasteiger partial charge is 0.380 e. The van der Waals surface area contributed by atoms with Gasteiger partial charge in [0.2, 0.25) is 0 Å². The van der Waals surface area contributed by atoms with Gasteiger partial charge in [-0.25, -0.2) is 0 Å². The molecule has 0 aliphatic heterocycles. The van der Waals surface area contributed by atoms with Crippen LogP contribution in [0, 0.1) is 5.92 Å². The molecule has 24 heavy (non-hydrogen) atoms. The minimum Gasteiger partial charge on any atom is -0.380 e. The Hall–Kier alpha value is -1.60. The van der Waals surface area contributed by atoms with E-state index < -0.39 is 5.60 Å². The first-order valence-electron chi connectivity index (χ1n) is 9.53. The van der Waals surface area contributed by atoms with Crippen LogP contribution in [0.15, 0.2) is 60.7 Å². The van der Waals surface area contributed by atoms with Gasteiger partial charge in [-0.2, -0.15) is 0 Å². The molecule has 1 heteroatoms. The lowest BCUT2D eigenvalue weighted by atomic mass is 9.75. The van der Waals surface area contributed by atoms with E-state index in [9.17, 15) is 5.11 Å². The second kappa shape index (κ2) is 9.64. The van der Waals surface area contributed by atoms with Crippen molar-refractivity contribution in [2.45, 2.75) is 64.4 Å². The lowest BCUT2D eigenvalue weighted by Gasteiger charge is -2.35. The van der Waals surface area contributed by atoms with Gasteiger partial charge in [-0.05, 0) is 23.5 Å². The van der Waals surface area contributed by atoms with E-state index in [2.05, 4.69) is 13.8 Å². The third-order valence-corrected chi connectivity index (χ3v) is 5.13. The summed E-state index contributed by atoms with van der Waals surface area (Å²) >= 11 is 0. The van der Waals surface area contributed by atoms with Crippen molar-refractivity contribution in [3.05, 3.63) is 71.8 Å². The fourth-order valence-electron chi connectivity index (χ4n) is 3.56. The van der Waals surface area contributed by atoms with Crippen LogP contribution in [0.4, 0.5) is 0 Å². The monoisotopic (exact) mass is 324 g/mol. The lowest BCUT2D eigenvalue weighted by Crippen LogP contribution is -2.35. The van der Waals surface area contributed by atoms with Gasteiger partial charge in [0, 0.05) is 0 Å². The molecule has 130 valence electrons. The molecule has 0 aliphatic rings. The number of aliphatic hydroxyl groups is 1. The van der Waals surface area contributed by atoms with Crippen molar-refractivity contribution in [3.63, 3.8) is 0 Å². The van der Waals surface area contributed by atoms with E-state index in [1.54, 1.807) is 0 Å². The third-order valence-electron chi connectivity index (χ3n) is 5.13. The highest BCUT2D eigenvalue weighted by molar-refractivity contribution is 5.36. The molecule has 2 rings (SSSR count). The highest BCUT2D eigenvalue weighted by Crippen LogP contribution is 2.39. The summed E-state index contributed by atoms with van der Waals surface area (Å²) in [5.41, 5.74) is 1.08. The van der Waals surface area contributed by atoms with E-state index in [-0.39, 0.29) is 5.92 Å². The van der Waals surface area contributed by atoms with E-state index in [0.29, 0.717) is 0 Å². The van der Waals surface area contributed by atoms with Crippen molar-refractivity contribution in [2.75, 3.05) is 0 Å². The van der Waals surface area contributed by atoms with Gasteiger partial charge in [0.1, 0.15) is 5.60 Å². The smallest absolute Gasteiger partial charge is 0.117 e. The van der Waals surface area contributed by atoms with Gasteiger partial charge in [-0.3, -0.25) is 0 Å². The van der Waals surface area contributed by atoms with Gasteiger partial charge in [-0.1, -0.05) is 113 Å². The molecule has 0 fully saturated rings. The molecule has 1 unspecified atom stereocenters. The van der Waals surface area contributed by atoms with Gasteiger partial charge >= 0.3 is 0 Å². The van der Waals surface area contributed by atoms with Crippen molar-refractivity contribution >= 4 is 0 Å². The fourth-order valence-corrected chi connectivity index (χ4v) is 3.56. The second-order valence-corrected chi connectivity index (χ2v) is 6.96. The zero-order chi connectivity index (χ0) is 17.3. The maximum atomic E-state index is 11.7. The Kier molecular flexibility index (Phi) is 7.52. The van der Waals surface area contributed by atoms with Crippen LogP contribution in [-0.4, -0.2) is 5.11 Å². The molecule has 0 bridgehead atoms. The Labute approximate surface area is 147 Å². The first-order valence-corrected chi connectivity index (χ1v) is 9.53. The molecule has 1 nitrogen and oxygen atoms in total. The maximum absolute atomic E-state index is 11.7. The molecule has 0 radical (unpaired) electrons. The van der Waals surface area contributed by atoms with E-state index >= 15 is 0 Å². The molecule has 0 heterocycles. The van der Waals surface area contributed by atoms with Gasteiger partial charge in [0.05, 0.1) is 0 Å². The molecule has 0 saturated heterocycles. The summed E-state index contributed by atoms with van der Waals surface area (Å²) in [4.78, 5) is 0. The first-order chi connectivity index (χ1) is 11.7. The van der Waals surface area contributed by atoms with Crippen molar-refractivity contribution < 1.29 is 5.11 Å². The molecule has 2 aromatic carbocycles. The van der Waals surface area contributed by atoms with Crippen molar-refractivity contribution in [1.82, 2.24) is 0 Å². The minimum absolute atomic E-state index is 0.188. The summed E-state index contributed by atoms with van der Waals surface area (Å²) in [6.07, 6.45) is 8.79. The molecule has 1 N–H and O–H groups in total. The SMILES string of the molecule is CCCCCCCCC(C)C(O)(c1ccccc1)c1ccccc1. The zero-order valence-electron chi connectivity index (χ0n) is 15.2. The van der Waals surface area contributed by atoms with Crippen LogP contribution in [0.25, 0.3) is 0 Å². The Morgan fingerprint density at radius 1 is 0.750 bits per heavy atom. The number of hydrogen-bond acceptors (Lipinski definition) is 1. The summed E-state index contributed by atoms with van der Waals surface area (Å²) < 4.78 is 0. The second-order valence-electron chi connectivity index (χ2n) is 6.96. The molecular formula is C23H32O. The minimum atomic E-state index is -0.911. The van der Waals surface area contributed by atoms with Gasteiger partial charge < -0.3 is 5.11 Å². The standard InChI is InChI=1S/C23H32O/c1-3-4-5-6-7-10-15-20(2)23(24,21-16-11-8-12-17-21)22-18-13-9-14-19-22/h8-9,11-14,16-20,24H,3-7,10,15H2,1-2H3. The fraction of sp³-hybridized carbons (Fsp3) is 0.478. The predicted octanol–water partition coefficient (Wildman–Crippen LogP) is 6.31. The molecule has 0 amide bonds. The number of rotatable bonds is 10. The van der Waals surface area contributed by atoms with Crippen LogP contribution < -0.4 is 0 Å². The molecule has 0 spiro atoms. The van der Waals surface area contributed by atoms with E-state index in [1.165, 1.54) is 38.5 Å². The van der Waals surface area contributed by atoms with Crippen molar-refractivity contribution in [2.24, 2.45) is 5.92 Å². The van der Waals surface area contributed by atoms with E-state index in [4.69, 9.17) is 0 Å². The van der Waals surface area contributed by atoms with Gasteiger partial charge in [-0.15, -0.1) is 0 Å². The average molecular weight is 325 g/mol. The number of benzene rings is 2. The van der Waals surface area contributed by atoms with Gasteiger partial charge in [0.25, 0.3) is 0 Å². The summed E-state index contributed by atoms with van der Waals surface area (Å²) in [6, 6.07) is 20.3. The normalized spacial score (nSPS) is 13.0. The topological polar surface area (TPSA) is 20.2 Å². The summed E-state index contributed by atoms with van der Waals surface area (Å²) in [5, 5.41) is 11.7. The van der Waals surface area contributed by atoms with Crippen LogP contribution in [0.2, 0.25) is 0 Å². The average Bonchev–Trinajstić information content (AvgIpc) is 2.65. The molecule has 0 aliphatic carbocycles. The quantitative estimate of drug-likeness (QED) is 0.508. The molecule has 0 aromatic heterocycles. The summed E-state index contributed by atoms with van der Waals surface area (Å²) in [7, 11) is 0. The highest BCUT2D eigenvalue weighted by atomic mass is 16.3. The van der Waals surface area contributed by atoms with Crippen LogP contribution in [0.3, 0.4) is 0 Å². The van der Waals surface area contributed by atoms with Gasteiger partial charge in [0.15, 0.2) is 0 Å². The Balaban J connectivity index is 2.09. The Morgan fingerprint density at radius 3 is 1.71 bits per heavy atom. The first kappa shape index (κ1) is 18.7. The van der Waals surface area contributed by atoms with Crippen LogP contribution in [0.5, 0.6) is 0 Å². The Bertz CT molecular complexity index is 522. The van der Waals surface area contributed by atoms with Crippen molar-refractivity contribution in [1.29, 1.82) is 0 Å². The summed E-state index contributed by atoms with van der Waals surface area (Å²) in [5.74, 6) is 0.188. The third kappa shape index (κ3) is 4.70. The van der Waals surface area contributed by atoms with Crippen LogP contribution in [0.1, 0.15) is 69.9 Å². The molecule has 2 aromatic rings. The van der Waals surface area contributed by atoms with Crippen LogP contribution in [-0.2, 0) is 5.60 Å². The number of hydrogen-bond donors (Lipinski definition) is 1. The van der Waals surface area contributed by atoms with Crippen LogP contribution >= 0.6 is 0 Å². The predicted molar refractivity (Wildman–Crippen MR) is 103 cm³/mol. The highest BCUT2D eigenvalue weighted by Gasteiger charge is 2.36. The zero-order valence-corrected chi connectivity index (χ0v) is 15.2.